The molecule has 0 aliphatic heterocycles. The lowest BCUT2D eigenvalue weighted by Crippen LogP contribution is -2.02. The van der Waals surface area contributed by atoms with E-state index in [1.165, 1.54) is 6.20 Å². The monoisotopic (exact) mass is 306 g/mol. The van der Waals surface area contributed by atoms with Crippen molar-refractivity contribution < 1.29 is 17.5 Å². The summed E-state index contributed by atoms with van der Waals surface area (Å²) in [5, 5.41) is 4.71. The summed E-state index contributed by atoms with van der Waals surface area (Å²) in [6, 6.07) is 7.19. The van der Waals surface area contributed by atoms with Crippen molar-refractivity contribution in [2.75, 3.05) is 11.5 Å². The summed E-state index contributed by atoms with van der Waals surface area (Å²) in [4.78, 5) is 0. The van der Waals surface area contributed by atoms with E-state index in [2.05, 4.69) is 5.10 Å². The van der Waals surface area contributed by atoms with Gasteiger partial charge in [-0.1, -0.05) is 11.6 Å². The lowest BCUT2D eigenvalue weighted by Gasteiger charge is -2.03. The van der Waals surface area contributed by atoms with Crippen molar-refractivity contribution in [2.45, 2.75) is 0 Å². The number of nitrogen functional groups attached to an aromatic ring is 2. The molecule has 0 aliphatic carbocycles. The summed E-state index contributed by atoms with van der Waals surface area (Å²) in [5.74, 6) is 0.437. The molecule has 2 aromatic rings. The molecule has 0 fully saturated rings. The quantitative estimate of drug-likeness (QED) is 0.576. The summed E-state index contributed by atoms with van der Waals surface area (Å²) in [6.45, 7) is 0. The van der Waals surface area contributed by atoms with Gasteiger partial charge < -0.3 is 11.5 Å². The number of aromatic nitrogens is 2. The summed E-state index contributed by atoms with van der Waals surface area (Å²) < 4.78 is 33.1. The number of hydrogen-bond acceptors (Lipinski definition) is 5. The van der Waals surface area contributed by atoms with Gasteiger partial charge in [0, 0.05) is 5.02 Å². The molecule has 0 spiro atoms. The minimum atomic E-state index is -4.67. The molecule has 10 heteroatoms. The Morgan fingerprint density at radius 2 is 1.63 bits per heavy atom. The molecule has 0 aliphatic rings. The van der Waals surface area contributed by atoms with E-state index in [4.69, 9.17) is 40.6 Å². The number of nitrogens with two attached hydrogens (primary N) is 2. The number of anilines is 2. The summed E-state index contributed by atoms with van der Waals surface area (Å²) in [7, 11) is -4.67. The fraction of sp³-hybridized carbons (Fsp3) is 0. The van der Waals surface area contributed by atoms with Gasteiger partial charge in [-0.05, 0) is 24.3 Å². The second kappa shape index (κ2) is 5.89. The van der Waals surface area contributed by atoms with Crippen LogP contribution in [0.2, 0.25) is 5.02 Å². The Labute approximate surface area is 114 Å². The molecule has 0 unspecified atom stereocenters. The molecule has 0 saturated carbocycles. The molecule has 8 nitrogen and oxygen atoms in total. The van der Waals surface area contributed by atoms with E-state index in [0.717, 1.165) is 5.69 Å². The van der Waals surface area contributed by atoms with Crippen LogP contribution < -0.4 is 11.5 Å². The first kappa shape index (κ1) is 15.2. The van der Waals surface area contributed by atoms with Crippen LogP contribution >= 0.6 is 11.6 Å². The van der Waals surface area contributed by atoms with Gasteiger partial charge in [0.05, 0.1) is 17.6 Å². The molecule has 0 saturated heterocycles. The van der Waals surface area contributed by atoms with E-state index >= 15 is 0 Å². The van der Waals surface area contributed by atoms with Crippen LogP contribution in [0.5, 0.6) is 0 Å². The maximum absolute atomic E-state index is 8.74. The largest absolute Gasteiger partial charge is 0.394 e. The van der Waals surface area contributed by atoms with Crippen LogP contribution in [0.1, 0.15) is 0 Å². The fourth-order valence-corrected chi connectivity index (χ4v) is 1.28. The third-order valence-corrected chi connectivity index (χ3v) is 2.16. The minimum absolute atomic E-state index is 0.437. The molecular weight excluding hydrogens is 296 g/mol. The zero-order chi connectivity index (χ0) is 14.6. The molecule has 2 rings (SSSR count). The van der Waals surface area contributed by atoms with Gasteiger partial charge in [-0.15, -0.1) is 0 Å². The van der Waals surface area contributed by atoms with E-state index in [-0.39, 0.29) is 0 Å². The van der Waals surface area contributed by atoms with Crippen molar-refractivity contribution in [3.05, 3.63) is 35.5 Å². The number of hydrogen-bond donors (Lipinski definition) is 4. The van der Waals surface area contributed by atoms with Crippen molar-refractivity contribution >= 4 is 33.5 Å². The maximum atomic E-state index is 8.74. The predicted molar refractivity (Wildman–Crippen MR) is 71.6 cm³/mol. The summed E-state index contributed by atoms with van der Waals surface area (Å²) in [5.41, 5.74) is 12.6. The number of benzene rings is 1. The van der Waals surface area contributed by atoms with Crippen molar-refractivity contribution in [3.63, 3.8) is 0 Å². The van der Waals surface area contributed by atoms with Crippen LogP contribution in [-0.2, 0) is 10.4 Å². The molecular formula is C9H11ClN4O4S. The average Bonchev–Trinajstić information content (AvgIpc) is 2.59. The standard InChI is InChI=1S/C9H9ClN4.H2O4S/c10-6-1-3-7(4-2-6)14-9(12)8(11)5-13-14;1-5(2,3)4/h1-5H,11-12H2;(H2,1,2,3,4). The Hall–Kier alpha value is -1.81. The van der Waals surface area contributed by atoms with E-state index in [1.54, 1.807) is 16.8 Å². The molecule has 1 aromatic heterocycles. The highest BCUT2D eigenvalue weighted by Gasteiger charge is 2.05. The van der Waals surface area contributed by atoms with Crippen molar-refractivity contribution in [2.24, 2.45) is 0 Å². The number of nitrogens with zero attached hydrogens (tertiary/aromatic N) is 2. The summed E-state index contributed by atoms with van der Waals surface area (Å²) in [6.07, 6.45) is 1.52. The van der Waals surface area contributed by atoms with Gasteiger partial charge >= 0.3 is 10.4 Å². The maximum Gasteiger partial charge on any atom is 0.394 e. The molecule has 0 atom stereocenters. The van der Waals surface area contributed by atoms with Crippen LogP contribution in [0.15, 0.2) is 30.5 Å². The SMILES string of the molecule is Nc1cnn(-c2ccc(Cl)cc2)c1N.O=S(=O)(O)O. The normalized spacial score (nSPS) is 10.7. The van der Waals surface area contributed by atoms with E-state index in [0.29, 0.717) is 16.5 Å². The smallest absolute Gasteiger partial charge is 0.394 e. The Morgan fingerprint density at radius 1 is 1.16 bits per heavy atom. The Morgan fingerprint density at radius 3 is 2.00 bits per heavy atom. The first-order valence-electron chi connectivity index (χ1n) is 4.73. The average molecular weight is 307 g/mol. The van der Waals surface area contributed by atoms with Crippen LogP contribution in [0.25, 0.3) is 5.69 Å². The Kier molecular flexibility index (Phi) is 4.72. The molecule has 0 radical (unpaired) electrons. The molecule has 1 aromatic carbocycles. The predicted octanol–water partition coefficient (Wildman–Crippen LogP) is 1.04. The van der Waals surface area contributed by atoms with E-state index in [1.807, 2.05) is 12.1 Å². The molecule has 19 heavy (non-hydrogen) atoms. The third-order valence-electron chi connectivity index (χ3n) is 1.91. The summed E-state index contributed by atoms with van der Waals surface area (Å²) >= 11 is 5.76. The van der Waals surface area contributed by atoms with Gasteiger partial charge in [0.2, 0.25) is 0 Å². The van der Waals surface area contributed by atoms with Gasteiger partial charge in [-0.25, -0.2) is 4.68 Å². The number of halogens is 1. The van der Waals surface area contributed by atoms with Crippen molar-refractivity contribution in [1.29, 1.82) is 0 Å². The van der Waals surface area contributed by atoms with Crippen molar-refractivity contribution in [3.8, 4) is 5.69 Å². The second-order valence-corrected chi connectivity index (χ2v) is 4.65. The third kappa shape index (κ3) is 5.14. The van der Waals surface area contributed by atoms with Crippen LogP contribution in [0.4, 0.5) is 11.5 Å². The van der Waals surface area contributed by atoms with E-state index < -0.39 is 10.4 Å². The van der Waals surface area contributed by atoms with Gasteiger partial charge in [-0.3, -0.25) is 9.11 Å². The fourth-order valence-electron chi connectivity index (χ4n) is 1.16. The Bertz CT molecular complexity index is 645. The lowest BCUT2D eigenvalue weighted by molar-refractivity contribution is 0.381. The van der Waals surface area contributed by atoms with Gasteiger partial charge in [0.15, 0.2) is 0 Å². The molecule has 104 valence electrons. The highest BCUT2D eigenvalue weighted by Crippen LogP contribution is 2.19. The highest BCUT2D eigenvalue weighted by molar-refractivity contribution is 7.79. The van der Waals surface area contributed by atoms with Gasteiger partial charge in [-0.2, -0.15) is 13.5 Å². The first-order valence-corrected chi connectivity index (χ1v) is 6.51. The minimum Gasteiger partial charge on any atom is -0.394 e. The molecule has 0 amide bonds. The van der Waals surface area contributed by atoms with Gasteiger partial charge in [0.1, 0.15) is 5.82 Å². The van der Waals surface area contributed by atoms with Crippen LogP contribution in [-0.4, -0.2) is 27.3 Å². The second-order valence-electron chi connectivity index (χ2n) is 3.32. The molecule has 6 N–H and O–H groups in total. The Balaban J connectivity index is 0.000000312. The van der Waals surface area contributed by atoms with E-state index in [9.17, 15) is 0 Å². The zero-order valence-corrected chi connectivity index (χ0v) is 11.0. The highest BCUT2D eigenvalue weighted by atomic mass is 35.5. The van der Waals surface area contributed by atoms with Crippen LogP contribution in [0, 0.1) is 0 Å². The topological polar surface area (TPSA) is 144 Å². The lowest BCUT2D eigenvalue weighted by atomic mass is 10.3. The first-order chi connectivity index (χ1) is 8.68. The number of rotatable bonds is 1. The van der Waals surface area contributed by atoms with Crippen molar-refractivity contribution in [1.82, 2.24) is 9.78 Å². The molecule has 0 bridgehead atoms. The zero-order valence-electron chi connectivity index (χ0n) is 9.43. The van der Waals surface area contributed by atoms with Crippen LogP contribution in [0.3, 0.4) is 0 Å². The van der Waals surface area contributed by atoms with Gasteiger partial charge in [0.25, 0.3) is 0 Å². The molecule has 1 heterocycles.